The molecule has 2 aromatic carbocycles. The van der Waals surface area contributed by atoms with Gasteiger partial charge in [0.1, 0.15) is 5.58 Å². The van der Waals surface area contributed by atoms with Crippen LogP contribution in [0.25, 0.3) is 11.0 Å². The van der Waals surface area contributed by atoms with Crippen molar-refractivity contribution in [1.82, 2.24) is 4.90 Å². The van der Waals surface area contributed by atoms with Crippen LogP contribution in [0.3, 0.4) is 0 Å². The highest BCUT2D eigenvalue weighted by Crippen LogP contribution is 2.40. The standard InChI is InChI=1S/C24H23N3O2/c25-14-16-3-1-4-18(11-16)24(28)26-19-6-7-23-21(13-19)22(15-29-23)17-8-10-27-9-2-5-20(27)12-17/h1,3-4,6-7,11,13,15,17,20H,2,5,8-10,12H2,(H,26,28). The number of piperidine rings is 1. The van der Waals surface area contributed by atoms with Crippen molar-refractivity contribution in [3.8, 4) is 6.07 Å². The third-order valence-electron chi connectivity index (χ3n) is 6.38. The third kappa shape index (κ3) is 3.41. The molecule has 2 fully saturated rings. The molecule has 2 atom stereocenters. The van der Waals surface area contributed by atoms with Gasteiger partial charge in [0, 0.05) is 28.2 Å². The van der Waals surface area contributed by atoms with E-state index in [2.05, 4.69) is 16.3 Å². The lowest BCUT2D eigenvalue weighted by atomic mass is 9.85. The Labute approximate surface area is 169 Å². The minimum absolute atomic E-state index is 0.217. The molecule has 2 aliphatic heterocycles. The van der Waals surface area contributed by atoms with Gasteiger partial charge in [-0.15, -0.1) is 0 Å². The zero-order valence-electron chi connectivity index (χ0n) is 16.2. The number of rotatable bonds is 3. The van der Waals surface area contributed by atoms with E-state index in [0.29, 0.717) is 23.1 Å². The lowest BCUT2D eigenvalue weighted by Gasteiger charge is -2.34. The molecule has 29 heavy (non-hydrogen) atoms. The van der Waals surface area contributed by atoms with Crippen molar-refractivity contribution in [2.24, 2.45) is 0 Å². The Morgan fingerprint density at radius 3 is 3.00 bits per heavy atom. The van der Waals surface area contributed by atoms with Gasteiger partial charge < -0.3 is 14.6 Å². The average molecular weight is 385 g/mol. The summed E-state index contributed by atoms with van der Waals surface area (Å²) in [5, 5.41) is 13.1. The van der Waals surface area contributed by atoms with E-state index in [1.165, 1.54) is 31.4 Å². The lowest BCUT2D eigenvalue weighted by molar-refractivity contribution is 0.102. The van der Waals surface area contributed by atoms with Gasteiger partial charge in [-0.2, -0.15) is 5.26 Å². The number of nitrogens with zero attached hydrogens (tertiary/aromatic N) is 2. The van der Waals surface area contributed by atoms with Crippen molar-refractivity contribution < 1.29 is 9.21 Å². The Bertz CT molecular complexity index is 1110. The number of anilines is 1. The van der Waals surface area contributed by atoms with Crippen LogP contribution in [0.2, 0.25) is 0 Å². The predicted octanol–water partition coefficient (Wildman–Crippen LogP) is 4.90. The van der Waals surface area contributed by atoms with Gasteiger partial charge in [0.05, 0.1) is 17.9 Å². The van der Waals surface area contributed by atoms with Gasteiger partial charge in [-0.3, -0.25) is 4.79 Å². The fourth-order valence-corrected chi connectivity index (χ4v) is 4.88. The Hall–Kier alpha value is -3.10. The molecule has 0 bridgehead atoms. The summed E-state index contributed by atoms with van der Waals surface area (Å²) >= 11 is 0. The van der Waals surface area contributed by atoms with Gasteiger partial charge in [-0.1, -0.05) is 6.07 Å². The molecule has 0 saturated carbocycles. The van der Waals surface area contributed by atoms with Crippen LogP contribution in [0.4, 0.5) is 5.69 Å². The first-order chi connectivity index (χ1) is 14.2. The van der Waals surface area contributed by atoms with E-state index in [9.17, 15) is 4.79 Å². The van der Waals surface area contributed by atoms with E-state index in [4.69, 9.17) is 9.68 Å². The van der Waals surface area contributed by atoms with Gasteiger partial charge in [-0.05, 0) is 81.1 Å². The number of fused-ring (bicyclic) bond motifs is 2. The van der Waals surface area contributed by atoms with Crippen LogP contribution >= 0.6 is 0 Å². The number of hydrogen-bond acceptors (Lipinski definition) is 4. The Balaban J connectivity index is 1.39. The monoisotopic (exact) mass is 385 g/mol. The number of carbonyl (C=O) groups excluding carboxylic acids is 1. The molecular weight excluding hydrogens is 362 g/mol. The summed E-state index contributed by atoms with van der Waals surface area (Å²) in [5.74, 6) is 0.291. The highest BCUT2D eigenvalue weighted by Gasteiger charge is 2.33. The minimum Gasteiger partial charge on any atom is -0.464 e. The molecule has 146 valence electrons. The maximum absolute atomic E-state index is 12.6. The molecule has 2 saturated heterocycles. The molecule has 5 heteroatoms. The van der Waals surface area contributed by atoms with E-state index in [-0.39, 0.29) is 5.91 Å². The van der Waals surface area contributed by atoms with Crippen molar-refractivity contribution in [2.45, 2.75) is 37.6 Å². The predicted molar refractivity (Wildman–Crippen MR) is 112 cm³/mol. The normalized spacial score (nSPS) is 21.6. The fraction of sp³-hybridized carbons (Fsp3) is 0.333. The van der Waals surface area contributed by atoms with E-state index in [1.54, 1.807) is 24.3 Å². The van der Waals surface area contributed by atoms with Crippen LogP contribution in [0, 0.1) is 11.3 Å². The molecule has 1 aromatic heterocycles. The molecule has 1 N–H and O–H groups in total. The van der Waals surface area contributed by atoms with E-state index in [0.717, 1.165) is 29.6 Å². The van der Waals surface area contributed by atoms with Crippen LogP contribution in [-0.4, -0.2) is 29.9 Å². The van der Waals surface area contributed by atoms with Crippen molar-refractivity contribution in [1.29, 1.82) is 5.26 Å². The Morgan fingerprint density at radius 1 is 1.17 bits per heavy atom. The number of furan rings is 1. The number of nitrogens with one attached hydrogen (secondary N) is 1. The first kappa shape index (κ1) is 18.0. The van der Waals surface area contributed by atoms with Crippen LogP contribution < -0.4 is 5.32 Å². The highest BCUT2D eigenvalue weighted by atomic mass is 16.3. The molecule has 2 unspecified atom stereocenters. The third-order valence-corrected chi connectivity index (χ3v) is 6.38. The first-order valence-corrected chi connectivity index (χ1v) is 10.3. The quantitative estimate of drug-likeness (QED) is 0.696. The van der Waals surface area contributed by atoms with Crippen molar-refractivity contribution in [2.75, 3.05) is 18.4 Å². The number of carbonyl (C=O) groups is 1. The van der Waals surface area contributed by atoms with Crippen LogP contribution in [0.1, 0.15) is 53.1 Å². The molecule has 5 rings (SSSR count). The smallest absolute Gasteiger partial charge is 0.255 e. The summed E-state index contributed by atoms with van der Waals surface area (Å²) in [4.78, 5) is 15.2. The second-order valence-corrected chi connectivity index (χ2v) is 8.10. The summed E-state index contributed by atoms with van der Waals surface area (Å²) in [6, 6.07) is 15.3. The largest absolute Gasteiger partial charge is 0.464 e. The van der Waals surface area contributed by atoms with E-state index >= 15 is 0 Å². The average Bonchev–Trinajstić information content (AvgIpc) is 3.39. The number of hydrogen-bond donors (Lipinski definition) is 1. The summed E-state index contributed by atoms with van der Waals surface area (Å²) < 4.78 is 5.83. The zero-order valence-corrected chi connectivity index (χ0v) is 16.2. The van der Waals surface area contributed by atoms with Crippen LogP contribution in [-0.2, 0) is 0 Å². The molecular formula is C24H23N3O2. The van der Waals surface area contributed by atoms with Crippen LogP contribution in [0.5, 0.6) is 0 Å². The number of nitriles is 1. The van der Waals surface area contributed by atoms with Gasteiger partial charge in [0.25, 0.3) is 5.91 Å². The summed E-state index contributed by atoms with van der Waals surface area (Å²) in [6.07, 6.45) is 6.86. The second-order valence-electron chi connectivity index (χ2n) is 8.10. The highest BCUT2D eigenvalue weighted by molar-refractivity contribution is 6.05. The Kier molecular flexibility index (Phi) is 4.57. The van der Waals surface area contributed by atoms with Gasteiger partial charge in [-0.25, -0.2) is 0 Å². The van der Waals surface area contributed by atoms with E-state index in [1.807, 2.05) is 24.5 Å². The molecule has 0 spiro atoms. The molecule has 5 nitrogen and oxygen atoms in total. The van der Waals surface area contributed by atoms with Gasteiger partial charge >= 0.3 is 0 Å². The fourth-order valence-electron chi connectivity index (χ4n) is 4.88. The first-order valence-electron chi connectivity index (χ1n) is 10.3. The molecule has 3 heterocycles. The minimum atomic E-state index is -0.217. The maximum Gasteiger partial charge on any atom is 0.255 e. The SMILES string of the molecule is N#Cc1cccc(C(=O)Nc2ccc3occ(C4CCN5CCCC5C4)c3c2)c1. The van der Waals surface area contributed by atoms with Crippen molar-refractivity contribution in [3.63, 3.8) is 0 Å². The van der Waals surface area contributed by atoms with Crippen molar-refractivity contribution >= 4 is 22.6 Å². The molecule has 2 aliphatic rings. The number of benzene rings is 2. The molecule has 3 aromatic rings. The molecule has 1 amide bonds. The zero-order chi connectivity index (χ0) is 19.8. The summed E-state index contributed by atoms with van der Waals surface area (Å²) in [5.41, 5.74) is 3.81. The van der Waals surface area contributed by atoms with Crippen molar-refractivity contribution in [3.05, 3.63) is 65.4 Å². The molecule has 0 radical (unpaired) electrons. The lowest BCUT2D eigenvalue weighted by Crippen LogP contribution is -2.37. The van der Waals surface area contributed by atoms with E-state index < -0.39 is 0 Å². The maximum atomic E-state index is 12.6. The topological polar surface area (TPSA) is 69.3 Å². The van der Waals surface area contributed by atoms with Crippen LogP contribution in [0.15, 0.2) is 53.1 Å². The molecule has 0 aliphatic carbocycles. The van der Waals surface area contributed by atoms with Gasteiger partial charge in [0.2, 0.25) is 0 Å². The second kappa shape index (κ2) is 7.38. The Morgan fingerprint density at radius 2 is 2.10 bits per heavy atom. The number of amides is 1. The van der Waals surface area contributed by atoms with Gasteiger partial charge in [0.15, 0.2) is 0 Å². The summed E-state index contributed by atoms with van der Waals surface area (Å²) in [7, 11) is 0. The summed E-state index contributed by atoms with van der Waals surface area (Å²) in [6.45, 7) is 2.40.